The average Bonchev–Trinajstić information content (AvgIpc) is 2.19. The Balaban J connectivity index is 2.59. The van der Waals surface area contributed by atoms with Crippen LogP contribution >= 0.6 is 0 Å². The molecule has 1 saturated heterocycles. The number of aliphatic hydroxyl groups is 3. The summed E-state index contributed by atoms with van der Waals surface area (Å²) in [5, 5.41) is 27.5. The van der Waals surface area contributed by atoms with E-state index in [2.05, 4.69) is 0 Å². The van der Waals surface area contributed by atoms with E-state index in [4.69, 9.17) is 14.6 Å². The van der Waals surface area contributed by atoms with Crippen LogP contribution in [0.2, 0.25) is 0 Å². The lowest BCUT2D eigenvalue weighted by Gasteiger charge is -2.22. The molecule has 12 heavy (non-hydrogen) atoms. The third-order valence-corrected chi connectivity index (χ3v) is 2.00. The van der Waals surface area contributed by atoms with Crippen LogP contribution in [-0.2, 0) is 9.47 Å². The lowest BCUT2D eigenvalue weighted by molar-refractivity contribution is -0.114. The van der Waals surface area contributed by atoms with Crippen molar-refractivity contribution in [3.8, 4) is 0 Å². The number of rotatable bonds is 1. The predicted octanol–water partition coefficient (Wildman–Crippen LogP) is -1.54. The van der Waals surface area contributed by atoms with Gasteiger partial charge in [0.2, 0.25) is 0 Å². The highest BCUT2D eigenvalue weighted by molar-refractivity contribution is 4.81. The van der Waals surface area contributed by atoms with Crippen LogP contribution in [0.3, 0.4) is 0 Å². The highest BCUT2D eigenvalue weighted by Crippen LogP contribution is 2.14. The maximum Gasteiger partial charge on any atom is 0.147 e. The number of hydrogen-bond acceptors (Lipinski definition) is 5. The SMILES string of the molecule is C[C@H]1OCO[C@H](CO)[C@@H](O)[C@H]1O. The van der Waals surface area contributed by atoms with Crippen molar-refractivity contribution >= 4 is 0 Å². The van der Waals surface area contributed by atoms with Gasteiger partial charge in [0.05, 0.1) is 12.7 Å². The normalized spacial score (nSPS) is 44.0. The zero-order chi connectivity index (χ0) is 9.14. The minimum atomic E-state index is -1.09. The van der Waals surface area contributed by atoms with Crippen molar-refractivity contribution in [3.63, 3.8) is 0 Å². The summed E-state index contributed by atoms with van der Waals surface area (Å²) in [6.07, 6.45) is -3.33. The van der Waals surface area contributed by atoms with Gasteiger partial charge < -0.3 is 24.8 Å². The summed E-state index contributed by atoms with van der Waals surface area (Å²) >= 11 is 0. The van der Waals surface area contributed by atoms with Crippen LogP contribution in [0.4, 0.5) is 0 Å². The van der Waals surface area contributed by atoms with Crippen LogP contribution in [0.1, 0.15) is 6.92 Å². The molecule has 0 bridgehead atoms. The maximum absolute atomic E-state index is 9.37. The van der Waals surface area contributed by atoms with Crippen molar-refractivity contribution in [2.24, 2.45) is 0 Å². The Bertz CT molecular complexity index is 138. The average molecular weight is 178 g/mol. The van der Waals surface area contributed by atoms with Gasteiger partial charge in [0.15, 0.2) is 0 Å². The zero-order valence-electron chi connectivity index (χ0n) is 6.88. The smallest absolute Gasteiger partial charge is 0.147 e. The second-order valence-electron chi connectivity index (χ2n) is 2.86. The summed E-state index contributed by atoms with van der Waals surface area (Å²) in [5.41, 5.74) is 0. The van der Waals surface area contributed by atoms with Gasteiger partial charge in [-0.25, -0.2) is 0 Å². The van der Waals surface area contributed by atoms with E-state index in [1.54, 1.807) is 6.92 Å². The lowest BCUT2D eigenvalue weighted by atomic mass is 10.1. The van der Waals surface area contributed by atoms with Gasteiger partial charge in [0.1, 0.15) is 25.1 Å². The van der Waals surface area contributed by atoms with Crippen LogP contribution in [0.15, 0.2) is 0 Å². The predicted molar refractivity (Wildman–Crippen MR) is 39.4 cm³/mol. The van der Waals surface area contributed by atoms with Gasteiger partial charge in [0.25, 0.3) is 0 Å². The van der Waals surface area contributed by atoms with Crippen molar-refractivity contribution in [1.82, 2.24) is 0 Å². The van der Waals surface area contributed by atoms with Crippen molar-refractivity contribution in [1.29, 1.82) is 0 Å². The molecule has 0 saturated carbocycles. The summed E-state index contributed by atoms with van der Waals surface area (Å²) in [5.74, 6) is 0. The number of hydrogen-bond donors (Lipinski definition) is 3. The molecule has 1 rings (SSSR count). The topological polar surface area (TPSA) is 79.2 Å². The molecule has 0 aromatic heterocycles. The first-order chi connectivity index (χ1) is 5.66. The number of ether oxygens (including phenoxy) is 2. The molecule has 5 heteroatoms. The molecule has 1 aliphatic heterocycles. The van der Waals surface area contributed by atoms with Crippen molar-refractivity contribution in [2.75, 3.05) is 13.4 Å². The van der Waals surface area contributed by atoms with Gasteiger partial charge in [-0.05, 0) is 6.92 Å². The Hall–Kier alpha value is -0.200. The van der Waals surface area contributed by atoms with E-state index in [-0.39, 0.29) is 13.4 Å². The summed E-state index contributed by atoms with van der Waals surface area (Å²) in [4.78, 5) is 0. The molecule has 1 aliphatic rings. The van der Waals surface area contributed by atoms with E-state index < -0.39 is 24.4 Å². The Morgan fingerprint density at radius 2 is 1.92 bits per heavy atom. The van der Waals surface area contributed by atoms with Crippen molar-refractivity contribution in [2.45, 2.75) is 31.3 Å². The minimum Gasteiger partial charge on any atom is -0.394 e. The third-order valence-electron chi connectivity index (χ3n) is 2.00. The minimum absolute atomic E-state index is 0.0134. The zero-order valence-corrected chi connectivity index (χ0v) is 6.88. The van der Waals surface area contributed by atoms with Crippen LogP contribution in [0.5, 0.6) is 0 Å². The first-order valence-corrected chi connectivity index (χ1v) is 3.87. The molecule has 5 nitrogen and oxygen atoms in total. The summed E-state index contributed by atoms with van der Waals surface area (Å²) in [7, 11) is 0. The highest BCUT2D eigenvalue weighted by atomic mass is 16.7. The molecule has 0 unspecified atom stereocenters. The molecule has 0 amide bonds. The summed E-state index contributed by atoms with van der Waals surface area (Å²) in [6, 6.07) is 0. The Morgan fingerprint density at radius 3 is 2.50 bits per heavy atom. The second kappa shape index (κ2) is 4.15. The molecule has 0 radical (unpaired) electrons. The molecule has 1 heterocycles. The summed E-state index contributed by atoms with van der Waals surface area (Å²) in [6.45, 7) is 1.30. The quantitative estimate of drug-likeness (QED) is 0.453. The van der Waals surface area contributed by atoms with Crippen LogP contribution in [0.25, 0.3) is 0 Å². The van der Waals surface area contributed by atoms with Crippen molar-refractivity contribution in [3.05, 3.63) is 0 Å². The van der Waals surface area contributed by atoms with E-state index >= 15 is 0 Å². The van der Waals surface area contributed by atoms with Gasteiger partial charge in [-0.3, -0.25) is 0 Å². The van der Waals surface area contributed by atoms with Crippen LogP contribution in [-0.4, -0.2) is 53.1 Å². The first-order valence-electron chi connectivity index (χ1n) is 3.87. The standard InChI is InChI=1S/C7H14O5/c1-4-6(9)7(10)5(2-8)12-3-11-4/h4-10H,2-3H2,1H3/t4-,5-,6+,7-/m1/s1. The first kappa shape index (κ1) is 9.88. The van der Waals surface area contributed by atoms with Gasteiger partial charge in [-0.1, -0.05) is 0 Å². The molecular weight excluding hydrogens is 164 g/mol. The van der Waals surface area contributed by atoms with Gasteiger partial charge in [-0.2, -0.15) is 0 Å². The van der Waals surface area contributed by atoms with E-state index in [9.17, 15) is 10.2 Å². The van der Waals surface area contributed by atoms with E-state index in [0.717, 1.165) is 0 Å². The molecule has 0 aliphatic carbocycles. The molecule has 0 aromatic carbocycles. The fourth-order valence-electron chi connectivity index (χ4n) is 1.09. The van der Waals surface area contributed by atoms with E-state index in [1.807, 2.05) is 0 Å². The second-order valence-corrected chi connectivity index (χ2v) is 2.86. The number of aliphatic hydroxyl groups excluding tert-OH is 3. The maximum atomic E-state index is 9.37. The van der Waals surface area contributed by atoms with E-state index in [0.29, 0.717) is 0 Å². The summed E-state index contributed by atoms with van der Waals surface area (Å²) < 4.78 is 9.90. The van der Waals surface area contributed by atoms with Gasteiger partial charge in [-0.15, -0.1) is 0 Å². The molecule has 4 atom stereocenters. The van der Waals surface area contributed by atoms with Gasteiger partial charge in [0, 0.05) is 0 Å². The van der Waals surface area contributed by atoms with E-state index in [1.165, 1.54) is 0 Å². The fraction of sp³-hybridized carbons (Fsp3) is 1.00. The molecule has 0 spiro atoms. The van der Waals surface area contributed by atoms with Crippen LogP contribution < -0.4 is 0 Å². The molecular formula is C7H14O5. The largest absolute Gasteiger partial charge is 0.394 e. The van der Waals surface area contributed by atoms with Crippen molar-refractivity contribution < 1.29 is 24.8 Å². The lowest BCUT2D eigenvalue weighted by Crippen LogP contribution is -2.43. The fourth-order valence-corrected chi connectivity index (χ4v) is 1.09. The Labute approximate surface area is 70.5 Å². The Kier molecular flexibility index (Phi) is 3.42. The molecule has 1 fully saturated rings. The van der Waals surface area contributed by atoms with Gasteiger partial charge >= 0.3 is 0 Å². The molecule has 3 N–H and O–H groups in total. The molecule has 0 aromatic rings. The Morgan fingerprint density at radius 1 is 1.25 bits per heavy atom. The monoisotopic (exact) mass is 178 g/mol. The highest BCUT2D eigenvalue weighted by Gasteiger charge is 2.33. The molecule has 72 valence electrons. The third kappa shape index (κ3) is 1.94. The van der Waals surface area contributed by atoms with Crippen LogP contribution in [0, 0.1) is 0 Å².